The van der Waals surface area contributed by atoms with Crippen LogP contribution in [0.4, 0.5) is 0 Å². The molecule has 1 N–H and O–H groups in total. The minimum atomic E-state index is -0.706. The van der Waals surface area contributed by atoms with Crippen LogP contribution in [-0.2, 0) is 9.53 Å². The van der Waals surface area contributed by atoms with Crippen LogP contribution < -0.4 is 0 Å². The minimum Gasteiger partial charge on any atom is -0.455 e. The molecule has 86 valence electrons. The Bertz CT molecular complexity index is 258. The fourth-order valence-corrected chi connectivity index (χ4v) is 1.19. The van der Waals surface area contributed by atoms with Gasteiger partial charge in [-0.3, -0.25) is 4.79 Å². The molecule has 0 saturated carbocycles. The molecule has 3 nitrogen and oxygen atoms in total. The van der Waals surface area contributed by atoms with Gasteiger partial charge in [0.1, 0.15) is 5.60 Å². The molecule has 2 atom stereocenters. The van der Waals surface area contributed by atoms with E-state index in [2.05, 4.69) is 13.2 Å². The van der Waals surface area contributed by atoms with Gasteiger partial charge in [-0.25, -0.2) is 0 Å². The summed E-state index contributed by atoms with van der Waals surface area (Å²) in [6.45, 7) is 12.2. The van der Waals surface area contributed by atoms with Crippen molar-refractivity contribution in [1.82, 2.24) is 0 Å². The normalized spacial score (nSPS) is 16.3. The van der Waals surface area contributed by atoms with E-state index in [1.54, 1.807) is 19.9 Å². The first kappa shape index (κ1) is 13.9. The molecule has 0 aliphatic heterocycles. The van der Waals surface area contributed by atoms with Crippen molar-refractivity contribution in [3.8, 4) is 0 Å². The van der Waals surface area contributed by atoms with Crippen LogP contribution in [0.1, 0.15) is 33.6 Å². The number of rotatable bonds is 6. The number of carbonyl (C=O) groups excluding carboxylic acids is 1. The molecule has 0 amide bonds. The van der Waals surface area contributed by atoms with Gasteiger partial charge in [0.05, 0.1) is 6.10 Å². The molecule has 0 unspecified atom stereocenters. The third-order valence-electron chi connectivity index (χ3n) is 2.29. The molecular weight excluding hydrogens is 192 g/mol. The molecule has 0 aromatic rings. The quantitative estimate of drug-likeness (QED) is 0.542. The average Bonchev–Trinajstić information content (AvgIpc) is 2.13. The van der Waals surface area contributed by atoms with Crippen molar-refractivity contribution < 1.29 is 14.6 Å². The molecule has 0 bridgehead atoms. The molecule has 0 aliphatic rings. The fourth-order valence-electron chi connectivity index (χ4n) is 1.19. The number of aliphatic hydroxyl groups is 1. The van der Waals surface area contributed by atoms with E-state index >= 15 is 0 Å². The second-order valence-electron chi connectivity index (χ2n) is 4.01. The van der Waals surface area contributed by atoms with Gasteiger partial charge in [0, 0.05) is 6.92 Å². The van der Waals surface area contributed by atoms with Crippen LogP contribution in [0, 0.1) is 0 Å². The van der Waals surface area contributed by atoms with Gasteiger partial charge in [0.25, 0.3) is 0 Å². The number of hydrogen-bond donors (Lipinski definition) is 1. The number of aliphatic hydroxyl groups excluding tert-OH is 1. The second-order valence-corrected chi connectivity index (χ2v) is 4.01. The smallest absolute Gasteiger partial charge is 0.303 e. The zero-order valence-electron chi connectivity index (χ0n) is 9.75. The van der Waals surface area contributed by atoms with Gasteiger partial charge < -0.3 is 9.84 Å². The van der Waals surface area contributed by atoms with Crippen LogP contribution in [0.3, 0.4) is 0 Å². The summed E-state index contributed by atoms with van der Waals surface area (Å²) in [7, 11) is 0. The second kappa shape index (κ2) is 5.71. The summed E-state index contributed by atoms with van der Waals surface area (Å²) in [6.07, 6.45) is 2.06. The number of esters is 1. The summed E-state index contributed by atoms with van der Waals surface area (Å²) in [5.41, 5.74) is 0.00617. The summed E-state index contributed by atoms with van der Waals surface area (Å²) in [5.74, 6) is -0.345. The monoisotopic (exact) mass is 212 g/mol. The molecule has 0 fully saturated rings. The van der Waals surface area contributed by atoms with E-state index in [1.165, 1.54) is 6.92 Å². The largest absolute Gasteiger partial charge is 0.455 e. The Morgan fingerprint density at radius 1 is 1.60 bits per heavy atom. The SMILES string of the molecule is C=C[C@](C)(CC[C@@H](O)C(=C)C)OC(C)=O. The Morgan fingerprint density at radius 3 is 2.47 bits per heavy atom. The van der Waals surface area contributed by atoms with Gasteiger partial charge in [-0.1, -0.05) is 18.7 Å². The highest BCUT2D eigenvalue weighted by Crippen LogP contribution is 2.21. The summed E-state index contributed by atoms with van der Waals surface area (Å²) in [6, 6.07) is 0. The average molecular weight is 212 g/mol. The maximum absolute atomic E-state index is 10.8. The number of carbonyl (C=O) groups is 1. The van der Waals surface area contributed by atoms with Gasteiger partial charge in [-0.15, -0.1) is 0 Å². The third-order valence-corrected chi connectivity index (χ3v) is 2.29. The van der Waals surface area contributed by atoms with Crippen molar-refractivity contribution in [3.05, 3.63) is 24.8 Å². The van der Waals surface area contributed by atoms with Crippen molar-refractivity contribution >= 4 is 5.97 Å². The zero-order chi connectivity index (χ0) is 12.1. The van der Waals surface area contributed by atoms with E-state index in [9.17, 15) is 9.90 Å². The van der Waals surface area contributed by atoms with Crippen LogP contribution in [0.2, 0.25) is 0 Å². The fraction of sp³-hybridized carbons (Fsp3) is 0.583. The highest BCUT2D eigenvalue weighted by molar-refractivity contribution is 5.66. The summed E-state index contributed by atoms with van der Waals surface area (Å²) in [5, 5.41) is 9.55. The van der Waals surface area contributed by atoms with Gasteiger partial charge in [0.15, 0.2) is 0 Å². The Morgan fingerprint density at radius 2 is 2.13 bits per heavy atom. The van der Waals surface area contributed by atoms with E-state index in [0.29, 0.717) is 18.4 Å². The van der Waals surface area contributed by atoms with Crippen molar-refractivity contribution in [2.24, 2.45) is 0 Å². The van der Waals surface area contributed by atoms with Gasteiger partial charge in [-0.2, -0.15) is 0 Å². The van der Waals surface area contributed by atoms with Crippen LogP contribution in [0.25, 0.3) is 0 Å². The summed E-state index contributed by atoms with van der Waals surface area (Å²) >= 11 is 0. The molecule has 0 heterocycles. The van der Waals surface area contributed by atoms with Crippen LogP contribution >= 0.6 is 0 Å². The number of ether oxygens (including phenoxy) is 1. The Balaban J connectivity index is 4.26. The van der Waals surface area contributed by atoms with E-state index in [-0.39, 0.29) is 5.97 Å². The Kier molecular flexibility index (Phi) is 5.29. The number of hydrogen-bond acceptors (Lipinski definition) is 3. The highest BCUT2D eigenvalue weighted by atomic mass is 16.6. The first-order valence-electron chi connectivity index (χ1n) is 4.97. The standard InChI is InChI=1S/C12H20O3/c1-6-12(5,15-10(4)13)8-7-11(14)9(2)3/h6,11,14H,1-2,7-8H2,3-5H3/t11-,12-/m1/s1. The lowest BCUT2D eigenvalue weighted by molar-refractivity contribution is -0.151. The third kappa shape index (κ3) is 5.37. The predicted molar refractivity (Wildman–Crippen MR) is 60.4 cm³/mol. The van der Waals surface area contributed by atoms with Crippen molar-refractivity contribution in [2.45, 2.75) is 45.3 Å². The van der Waals surface area contributed by atoms with E-state index in [1.807, 2.05) is 0 Å². The molecule has 0 saturated heterocycles. The molecule has 0 spiro atoms. The van der Waals surface area contributed by atoms with E-state index in [4.69, 9.17) is 4.74 Å². The van der Waals surface area contributed by atoms with E-state index in [0.717, 1.165) is 0 Å². The minimum absolute atomic E-state index is 0.345. The lowest BCUT2D eigenvalue weighted by Gasteiger charge is -2.26. The van der Waals surface area contributed by atoms with Gasteiger partial charge in [0.2, 0.25) is 0 Å². The van der Waals surface area contributed by atoms with Crippen LogP contribution in [0.15, 0.2) is 24.8 Å². The molecule has 15 heavy (non-hydrogen) atoms. The predicted octanol–water partition coefficient (Wildman–Crippen LogP) is 2.21. The first-order valence-corrected chi connectivity index (χ1v) is 4.97. The van der Waals surface area contributed by atoms with Gasteiger partial charge in [-0.05, 0) is 32.8 Å². The molecule has 0 aliphatic carbocycles. The lowest BCUT2D eigenvalue weighted by atomic mass is 9.96. The van der Waals surface area contributed by atoms with Crippen molar-refractivity contribution in [1.29, 1.82) is 0 Å². The molecular formula is C12H20O3. The van der Waals surface area contributed by atoms with Crippen molar-refractivity contribution in [2.75, 3.05) is 0 Å². The first-order chi connectivity index (χ1) is 6.80. The van der Waals surface area contributed by atoms with Crippen molar-refractivity contribution in [3.63, 3.8) is 0 Å². The maximum atomic E-state index is 10.8. The Labute approximate surface area is 91.4 Å². The molecule has 3 heteroatoms. The van der Waals surface area contributed by atoms with E-state index < -0.39 is 11.7 Å². The molecule has 0 rings (SSSR count). The van der Waals surface area contributed by atoms with Crippen LogP contribution in [-0.4, -0.2) is 22.8 Å². The maximum Gasteiger partial charge on any atom is 0.303 e. The Hall–Kier alpha value is -1.09. The van der Waals surface area contributed by atoms with Crippen LogP contribution in [0.5, 0.6) is 0 Å². The molecule has 0 aromatic carbocycles. The summed E-state index contributed by atoms with van der Waals surface area (Å²) < 4.78 is 5.12. The molecule has 0 aromatic heterocycles. The topological polar surface area (TPSA) is 46.5 Å². The highest BCUT2D eigenvalue weighted by Gasteiger charge is 2.24. The van der Waals surface area contributed by atoms with Gasteiger partial charge >= 0.3 is 5.97 Å². The zero-order valence-corrected chi connectivity index (χ0v) is 9.75. The summed E-state index contributed by atoms with van der Waals surface area (Å²) in [4.78, 5) is 10.8. The molecule has 0 radical (unpaired) electrons. The lowest BCUT2D eigenvalue weighted by Crippen LogP contribution is -2.29.